The zero-order valence-electron chi connectivity index (χ0n) is 19.3. The number of fused-ring (bicyclic) bond motifs is 2. The minimum absolute atomic E-state index is 0.176. The third kappa shape index (κ3) is 5.43. The Morgan fingerprint density at radius 1 is 1.14 bits per heavy atom. The van der Waals surface area contributed by atoms with Gasteiger partial charge in [0.05, 0.1) is 13.2 Å². The average Bonchev–Trinajstić information content (AvgIpc) is 3.52. The number of benzene rings is 1. The maximum atomic E-state index is 12.2. The van der Waals surface area contributed by atoms with E-state index in [-0.39, 0.29) is 19.9 Å². The fourth-order valence-corrected chi connectivity index (χ4v) is 3.80. The van der Waals surface area contributed by atoms with E-state index in [4.69, 9.17) is 14.2 Å². The molecule has 35 heavy (non-hydrogen) atoms. The lowest BCUT2D eigenvalue weighted by Crippen LogP contribution is -2.08. The minimum Gasteiger partial charge on any atom is -0.463 e. The highest BCUT2D eigenvalue weighted by Gasteiger charge is 2.17. The van der Waals surface area contributed by atoms with Gasteiger partial charge in [-0.3, -0.25) is 0 Å². The van der Waals surface area contributed by atoms with Crippen LogP contribution in [-0.4, -0.2) is 49.5 Å². The fourth-order valence-electron chi connectivity index (χ4n) is 3.80. The van der Waals surface area contributed by atoms with E-state index in [1.165, 1.54) is 10.9 Å². The Balaban J connectivity index is 1.25. The number of rotatable bonds is 9. The first kappa shape index (κ1) is 22.5. The van der Waals surface area contributed by atoms with Gasteiger partial charge in [0.15, 0.2) is 23.0 Å². The van der Waals surface area contributed by atoms with Crippen molar-refractivity contribution in [2.45, 2.75) is 32.7 Å². The first-order chi connectivity index (χ1) is 17.2. The first-order valence-corrected chi connectivity index (χ1v) is 11.4. The molecule has 0 N–H and O–H groups in total. The van der Waals surface area contributed by atoms with Crippen LogP contribution in [0.15, 0.2) is 54.7 Å². The molecule has 0 fully saturated rings. The summed E-state index contributed by atoms with van der Waals surface area (Å²) in [6, 6.07) is 13.5. The molecule has 10 heteroatoms. The summed E-state index contributed by atoms with van der Waals surface area (Å²) >= 11 is 0. The fraction of sp³-hybridized carbons (Fsp3) is 0.280. The van der Waals surface area contributed by atoms with Gasteiger partial charge in [-0.1, -0.05) is 6.07 Å². The SMILES string of the molecule is CCOC(=O)C=C(Cn1nnc(CCCc2ccc3cccnc3n2)n1)c1ccc2c(c1)OCO2. The number of ether oxygens (including phenoxy) is 3. The van der Waals surface area contributed by atoms with Gasteiger partial charge in [-0.25, -0.2) is 14.8 Å². The van der Waals surface area contributed by atoms with Gasteiger partial charge < -0.3 is 14.2 Å². The van der Waals surface area contributed by atoms with Gasteiger partial charge >= 0.3 is 5.97 Å². The lowest BCUT2D eigenvalue weighted by atomic mass is 10.0. The maximum Gasteiger partial charge on any atom is 0.331 e. The summed E-state index contributed by atoms with van der Waals surface area (Å²) in [5.74, 6) is 1.49. The number of tetrazole rings is 1. The molecule has 10 nitrogen and oxygen atoms in total. The highest BCUT2D eigenvalue weighted by atomic mass is 16.7. The molecule has 0 atom stereocenters. The number of allylic oxidation sites excluding steroid dienone is 1. The largest absolute Gasteiger partial charge is 0.463 e. The van der Waals surface area contributed by atoms with Crippen LogP contribution in [0, 0.1) is 0 Å². The van der Waals surface area contributed by atoms with Crippen LogP contribution in [0.5, 0.6) is 11.5 Å². The molecule has 0 unspecified atom stereocenters. The van der Waals surface area contributed by atoms with Gasteiger partial charge in [0.2, 0.25) is 6.79 Å². The minimum atomic E-state index is -0.433. The Morgan fingerprint density at radius 2 is 2.06 bits per heavy atom. The summed E-state index contributed by atoms with van der Waals surface area (Å²) in [5.41, 5.74) is 3.19. The summed E-state index contributed by atoms with van der Waals surface area (Å²) < 4.78 is 16.0. The van der Waals surface area contributed by atoms with Crippen molar-refractivity contribution >= 4 is 22.6 Å². The molecule has 0 saturated carbocycles. The van der Waals surface area contributed by atoms with E-state index in [1.54, 1.807) is 13.1 Å². The molecule has 178 valence electrons. The normalized spacial score (nSPS) is 12.8. The van der Waals surface area contributed by atoms with E-state index in [0.717, 1.165) is 35.1 Å². The van der Waals surface area contributed by atoms with Crippen molar-refractivity contribution in [3.63, 3.8) is 0 Å². The number of esters is 1. The Labute approximate surface area is 201 Å². The Hall–Kier alpha value is -4.34. The number of pyridine rings is 2. The van der Waals surface area contributed by atoms with E-state index in [0.29, 0.717) is 29.3 Å². The smallest absolute Gasteiger partial charge is 0.331 e. The highest BCUT2D eigenvalue weighted by Crippen LogP contribution is 2.34. The number of carbonyl (C=O) groups excluding carboxylic acids is 1. The van der Waals surface area contributed by atoms with Crippen LogP contribution >= 0.6 is 0 Å². The van der Waals surface area contributed by atoms with Crippen LogP contribution in [-0.2, 0) is 28.9 Å². The molecule has 1 aromatic carbocycles. The summed E-state index contributed by atoms with van der Waals surface area (Å²) in [6.45, 7) is 2.48. The lowest BCUT2D eigenvalue weighted by Gasteiger charge is -2.08. The Morgan fingerprint density at radius 3 is 2.97 bits per heavy atom. The summed E-state index contributed by atoms with van der Waals surface area (Å²) in [6.07, 6.45) is 5.46. The number of aryl methyl sites for hydroxylation is 2. The van der Waals surface area contributed by atoms with E-state index in [1.807, 2.05) is 42.5 Å². The molecule has 3 aromatic heterocycles. The van der Waals surface area contributed by atoms with Crippen molar-refractivity contribution in [1.82, 2.24) is 30.2 Å². The second-order valence-corrected chi connectivity index (χ2v) is 7.93. The third-order valence-electron chi connectivity index (χ3n) is 5.48. The third-order valence-corrected chi connectivity index (χ3v) is 5.48. The van der Waals surface area contributed by atoms with Crippen molar-refractivity contribution in [3.05, 3.63) is 71.8 Å². The van der Waals surface area contributed by atoms with Gasteiger partial charge in [0.1, 0.15) is 0 Å². The Bertz CT molecular complexity index is 1380. The van der Waals surface area contributed by atoms with Gasteiger partial charge in [0, 0.05) is 29.8 Å². The molecule has 0 amide bonds. The molecule has 1 aliphatic rings. The molecule has 0 radical (unpaired) electrons. The monoisotopic (exact) mass is 472 g/mol. The average molecular weight is 473 g/mol. The summed E-state index contributed by atoms with van der Waals surface area (Å²) in [5, 5.41) is 13.9. The second-order valence-electron chi connectivity index (χ2n) is 7.93. The van der Waals surface area contributed by atoms with Gasteiger partial charge in [-0.15, -0.1) is 10.2 Å². The van der Waals surface area contributed by atoms with Crippen LogP contribution in [0.1, 0.15) is 30.4 Å². The van der Waals surface area contributed by atoms with Gasteiger partial charge in [-0.05, 0) is 72.5 Å². The molecule has 5 rings (SSSR count). The first-order valence-electron chi connectivity index (χ1n) is 11.4. The van der Waals surface area contributed by atoms with Crippen LogP contribution in [0.25, 0.3) is 16.6 Å². The molecule has 0 saturated heterocycles. The van der Waals surface area contributed by atoms with Gasteiger partial charge in [0.25, 0.3) is 0 Å². The molecule has 0 aliphatic carbocycles. The topological polar surface area (TPSA) is 114 Å². The van der Waals surface area contributed by atoms with Crippen molar-refractivity contribution in [3.8, 4) is 11.5 Å². The second kappa shape index (κ2) is 10.3. The van der Waals surface area contributed by atoms with Gasteiger partial charge in [-0.2, -0.15) is 4.80 Å². The molecular weight excluding hydrogens is 448 g/mol. The van der Waals surface area contributed by atoms with Crippen LogP contribution < -0.4 is 9.47 Å². The number of carbonyl (C=O) groups is 1. The molecule has 4 heterocycles. The summed E-state index contributed by atoms with van der Waals surface area (Å²) in [7, 11) is 0. The molecular formula is C25H24N6O4. The van der Waals surface area contributed by atoms with Crippen molar-refractivity contribution in [1.29, 1.82) is 0 Å². The molecule has 0 spiro atoms. The van der Waals surface area contributed by atoms with Crippen molar-refractivity contribution < 1.29 is 19.0 Å². The number of hydrogen-bond acceptors (Lipinski definition) is 9. The predicted molar refractivity (Wildman–Crippen MR) is 127 cm³/mol. The number of hydrogen-bond donors (Lipinski definition) is 0. The number of aromatic nitrogens is 6. The van der Waals surface area contributed by atoms with E-state index in [2.05, 4.69) is 25.4 Å². The Kier molecular flexibility index (Phi) is 6.60. The number of nitrogens with zero attached hydrogens (tertiary/aromatic N) is 6. The molecule has 0 bridgehead atoms. The van der Waals surface area contributed by atoms with E-state index >= 15 is 0 Å². The standard InChI is InChI=1S/C25H24N6O4/c1-2-33-24(32)14-19(18-9-11-21-22(13-18)35-16-34-21)15-31-29-23(28-30-31)7-3-6-20-10-8-17-5-4-12-26-25(17)27-20/h4-5,8-14H,2-3,6-7,15-16H2,1H3. The van der Waals surface area contributed by atoms with Crippen LogP contribution in [0.4, 0.5) is 0 Å². The molecule has 1 aliphatic heterocycles. The van der Waals surface area contributed by atoms with Crippen molar-refractivity contribution in [2.24, 2.45) is 0 Å². The van der Waals surface area contributed by atoms with Crippen LogP contribution in [0.3, 0.4) is 0 Å². The van der Waals surface area contributed by atoms with Crippen molar-refractivity contribution in [2.75, 3.05) is 13.4 Å². The van der Waals surface area contributed by atoms with E-state index < -0.39 is 5.97 Å². The zero-order valence-corrected chi connectivity index (χ0v) is 19.3. The zero-order chi connectivity index (χ0) is 24.0. The summed E-state index contributed by atoms with van der Waals surface area (Å²) in [4.78, 5) is 22.6. The highest BCUT2D eigenvalue weighted by molar-refractivity contribution is 5.91. The predicted octanol–water partition coefficient (Wildman–Crippen LogP) is 3.17. The van der Waals surface area contributed by atoms with Crippen LogP contribution in [0.2, 0.25) is 0 Å². The quantitative estimate of drug-likeness (QED) is 0.268. The van der Waals surface area contributed by atoms with E-state index in [9.17, 15) is 4.79 Å². The lowest BCUT2D eigenvalue weighted by molar-refractivity contribution is -0.137. The molecule has 4 aromatic rings. The maximum absolute atomic E-state index is 12.2.